The zero-order chi connectivity index (χ0) is 22.5. The van der Waals surface area contributed by atoms with Gasteiger partial charge in [0, 0.05) is 32.7 Å². The number of rotatable bonds is 22. The summed E-state index contributed by atoms with van der Waals surface area (Å²) in [5.74, 6) is 0.385. The molecule has 0 aromatic heterocycles. The number of aliphatic hydroxyl groups is 2. The summed E-state index contributed by atoms with van der Waals surface area (Å²) >= 11 is 0. The molecule has 0 radical (unpaired) electrons. The van der Waals surface area contributed by atoms with E-state index in [9.17, 15) is 14.7 Å². The largest absolute Gasteiger partial charge is 0.468 e. The van der Waals surface area contributed by atoms with E-state index in [1.165, 1.54) is 0 Å². The van der Waals surface area contributed by atoms with Crippen molar-refractivity contribution in [3.63, 3.8) is 0 Å². The van der Waals surface area contributed by atoms with Crippen molar-refractivity contribution in [3.8, 4) is 0 Å². The molecule has 0 aliphatic heterocycles. The highest BCUT2D eigenvalue weighted by atomic mass is 16.5. The first-order valence-electron chi connectivity index (χ1n) is 11.8. The molecule has 0 aliphatic rings. The van der Waals surface area contributed by atoms with Gasteiger partial charge in [0.2, 0.25) is 0 Å². The van der Waals surface area contributed by atoms with E-state index in [2.05, 4.69) is 23.5 Å². The van der Waals surface area contributed by atoms with Gasteiger partial charge in [-0.05, 0) is 57.3 Å². The van der Waals surface area contributed by atoms with Gasteiger partial charge < -0.3 is 24.6 Å². The average Bonchev–Trinajstić information content (AvgIpc) is 2.71. The first-order chi connectivity index (χ1) is 14.5. The maximum Gasteiger partial charge on any atom is 0.305 e. The van der Waals surface area contributed by atoms with E-state index in [1.54, 1.807) is 0 Å². The lowest BCUT2D eigenvalue weighted by Gasteiger charge is -2.28. The molecule has 0 aliphatic carbocycles. The van der Waals surface area contributed by atoms with Crippen molar-refractivity contribution in [3.05, 3.63) is 0 Å². The van der Waals surface area contributed by atoms with Crippen LogP contribution in [0.4, 0.5) is 0 Å². The third-order valence-electron chi connectivity index (χ3n) is 5.13. The summed E-state index contributed by atoms with van der Waals surface area (Å²) in [4.78, 5) is 23.9. The van der Waals surface area contributed by atoms with Crippen molar-refractivity contribution in [2.24, 2.45) is 5.92 Å². The highest BCUT2D eigenvalue weighted by Gasteiger charge is 2.15. The molecule has 30 heavy (non-hydrogen) atoms. The predicted molar refractivity (Wildman–Crippen MR) is 118 cm³/mol. The molecule has 2 unspecified atom stereocenters. The molecule has 178 valence electrons. The van der Waals surface area contributed by atoms with Crippen LogP contribution in [0.5, 0.6) is 0 Å². The van der Waals surface area contributed by atoms with Crippen LogP contribution in [0.3, 0.4) is 0 Å². The Morgan fingerprint density at radius 3 is 2.43 bits per heavy atom. The van der Waals surface area contributed by atoms with Crippen LogP contribution in [-0.4, -0.2) is 73.1 Å². The fourth-order valence-electron chi connectivity index (χ4n) is 3.46. The van der Waals surface area contributed by atoms with Crippen LogP contribution >= 0.6 is 0 Å². The molecule has 0 aromatic carbocycles. The van der Waals surface area contributed by atoms with Crippen LogP contribution in [0.25, 0.3) is 0 Å². The number of hydrogen-bond acceptors (Lipinski definition) is 7. The van der Waals surface area contributed by atoms with Crippen molar-refractivity contribution in [2.45, 2.75) is 90.6 Å². The molecule has 7 heteroatoms. The van der Waals surface area contributed by atoms with Gasteiger partial charge >= 0.3 is 5.97 Å². The van der Waals surface area contributed by atoms with E-state index >= 15 is 0 Å². The maximum atomic E-state index is 11.6. The highest BCUT2D eigenvalue weighted by molar-refractivity contribution is 5.69. The molecule has 0 bridgehead atoms. The quantitative estimate of drug-likeness (QED) is 0.154. The summed E-state index contributed by atoms with van der Waals surface area (Å²) in [6.45, 7) is 8.04. The van der Waals surface area contributed by atoms with Crippen LogP contribution in [0, 0.1) is 5.92 Å². The van der Waals surface area contributed by atoms with Crippen molar-refractivity contribution in [1.29, 1.82) is 0 Å². The third kappa shape index (κ3) is 18.8. The molecule has 0 heterocycles. The average molecular weight is 432 g/mol. The Bertz CT molecular complexity index is 407. The monoisotopic (exact) mass is 431 g/mol. The van der Waals surface area contributed by atoms with Gasteiger partial charge in [0.25, 0.3) is 6.47 Å². The summed E-state index contributed by atoms with van der Waals surface area (Å²) in [5.41, 5.74) is 0. The fraction of sp³-hybridized carbons (Fsp3) is 0.913. The van der Waals surface area contributed by atoms with Crippen LogP contribution in [0.15, 0.2) is 0 Å². The molecule has 2 atom stereocenters. The standard InChI is InChI=1S/C23H45NO6/c1-3-4-5-13-23(28)30-17-9-6-11-21(2)18-24(14-10-15-25)19-22(27)12-7-8-16-29-20-26/h20-22,25,27H,3-19H2,1-2H3. The number of ether oxygens (including phenoxy) is 2. The molecule has 0 saturated carbocycles. The van der Waals surface area contributed by atoms with Crippen molar-refractivity contribution in [2.75, 3.05) is 39.5 Å². The Hall–Kier alpha value is -1.18. The normalized spacial score (nSPS) is 13.2. The van der Waals surface area contributed by atoms with E-state index in [0.717, 1.165) is 64.5 Å². The van der Waals surface area contributed by atoms with Gasteiger partial charge in [0.15, 0.2) is 0 Å². The molecule has 2 N–H and O–H groups in total. The lowest BCUT2D eigenvalue weighted by molar-refractivity contribution is -0.143. The summed E-state index contributed by atoms with van der Waals surface area (Å²) in [7, 11) is 0. The van der Waals surface area contributed by atoms with Gasteiger partial charge in [-0.2, -0.15) is 0 Å². The van der Waals surface area contributed by atoms with Crippen LogP contribution < -0.4 is 0 Å². The molecule has 0 saturated heterocycles. The minimum absolute atomic E-state index is 0.0848. The number of esters is 1. The molecular weight excluding hydrogens is 386 g/mol. The van der Waals surface area contributed by atoms with Gasteiger partial charge in [-0.1, -0.05) is 26.7 Å². The molecule has 0 fully saturated rings. The number of carbonyl (C=O) groups is 2. The molecule has 0 aromatic rings. The first kappa shape index (κ1) is 28.8. The lowest BCUT2D eigenvalue weighted by atomic mass is 10.0. The molecule has 0 amide bonds. The van der Waals surface area contributed by atoms with Crippen molar-refractivity contribution < 1.29 is 29.3 Å². The van der Waals surface area contributed by atoms with E-state index in [-0.39, 0.29) is 12.6 Å². The van der Waals surface area contributed by atoms with E-state index in [0.29, 0.717) is 51.4 Å². The van der Waals surface area contributed by atoms with Gasteiger partial charge in [-0.3, -0.25) is 9.59 Å². The number of hydrogen-bond donors (Lipinski definition) is 2. The zero-order valence-electron chi connectivity index (χ0n) is 19.2. The second-order valence-corrected chi connectivity index (χ2v) is 8.23. The van der Waals surface area contributed by atoms with Crippen molar-refractivity contribution >= 4 is 12.4 Å². The number of carbonyl (C=O) groups excluding carboxylic acids is 2. The summed E-state index contributed by atoms with van der Waals surface area (Å²) in [5, 5.41) is 19.4. The lowest BCUT2D eigenvalue weighted by Crippen LogP contribution is -2.36. The van der Waals surface area contributed by atoms with Gasteiger partial charge in [0.1, 0.15) is 0 Å². The topological polar surface area (TPSA) is 96.3 Å². The van der Waals surface area contributed by atoms with Gasteiger partial charge in [-0.25, -0.2) is 0 Å². The maximum absolute atomic E-state index is 11.6. The summed E-state index contributed by atoms with van der Waals surface area (Å²) in [6, 6.07) is 0. The minimum atomic E-state index is -0.417. The zero-order valence-corrected chi connectivity index (χ0v) is 19.2. The van der Waals surface area contributed by atoms with Gasteiger partial charge in [0.05, 0.1) is 19.3 Å². The minimum Gasteiger partial charge on any atom is -0.468 e. The Morgan fingerprint density at radius 2 is 1.73 bits per heavy atom. The predicted octanol–water partition coefficient (Wildman–Crippen LogP) is 3.30. The van der Waals surface area contributed by atoms with Crippen LogP contribution in [0.1, 0.15) is 84.5 Å². The Morgan fingerprint density at radius 1 is 1.00 bits per heavy atom. The molecule has 0 rings (SSSR count). The van der Waals surface area contributed by atoms with E-state index < -0.39 is 6.10 Å². The third-order valence-corrected chi connectivity index (χ3v) is 5.13. The Labute approximate surface area is 183 Å². The van der Waals surface area contributed by atoms with Gasteiger partial charge in [-0.15, -0.1) is 0 Å². The smallest absolute Gasteiger partial charge is 0.305 e. The van der Waals surface area contributed by atoms with Crippen molar-refractivity contribution in [1.82, 2.24) is 4.90 Å². The summed E-state index contributed by atoms with van der Waals surface area (Å²) < 4.78 is 9.94. The SMILES string of the molecule is CCCCCC(=O)OCCCCC(C)CN(CCCO)CC(O)CCCCOC=O. The van der Waals surface area contributed by atoms with Crippen LogP contribution in [0.2, 0.25) is 0 Å². The number of unbranched alkanes of at least 4 members (excludes halogenated alkanes) is 4. The number of aliphatic hydroxyl groups excluding tert-OH is 2. The Kier molecular flexibility index (Phi) is 20.2. The molecular formula is C23H45NO6. The Balaban J connectivity index is 3.99. The van der Waals surface area contributed by atoms with E-state index in [1.807, 2.05) is 0 Å². The fourth-order valence-corrected chi connectivity index (χ4v) is 3.46. The van der Waals surface area contributed by atoms with Crippen LogP contribution in [-0.2, 0) is 19.1 Å². The second kappa shape index (κ2) is 21.1. The highest BCUT2D eigenvalue weighted by Crippen LogP contribution is 2.13. The molecule has 7 nitrogen and oxygen atoms in total. The summed E-state index contributed by atoms with van der Waals surface area (Å²) in [6.07, 6.45) is 9.07. The number of nitrogens with zero attached hydrogens (tertiary/aromatic N) is 1. The molecule has 0 spiro atoms. The first-order valence-corrected chi connectivity index (χ1v) is 11.8. The second-order valence-electron chi connectivity index (χ2n) is 8.23. The van der Waals surface area contributed by atoms with E-state index in [4.69, 9.17) is 9.84 Å².